The van der Waals surface area contributed by atoms with Crippen LogP contribution in [0.5, 0.6) is 0 Å². The number of nitrogens with zero attached hydrogens (tertiary/aromatic N) is 2. The van der Waals surface area contributed by atoms with Crippen molar-refractivity contribution in [3.63, 3.8) is 0 Å². The van der Waals surface area contributed by atoms with Gasteiger partial charge in [-0.1, -0.05) is 26.0 Å². The molecule has 1 aliphatic rings. The number of urea groups is 1. The van der Waals surface area contributed by atoms with Gasteiger partial charge in [0, 0.05) is 31.4 Å². The molecule has 1 heterocycles. The Morgan fingerprint density at radius 3 is 2.56 bits per heavy atom. The largest absolute Gasteiger partial charge is 0.357 e. The lowest BCUT2D eigenvalue weighted by Crippen LogP contribution is -2.44. The Morgan fingerprint density at radius 1 is 1.22 bits per heavy atom. The normalized spacial score (nSPS) is 15.3. The summed E-state index contributed by atoms with van der Waals surface area (Å²) < 4.78 is 0. The molecule has 152 valence electrons. The highest BCUT2D eigenvalue weighted by Gasteiger charge is 2.17. The maximum atomic E-state index is 12.2. The summed E-state index contributed by atoms with van der Waals surface area (Å²) in [4.78, 5) is 18.8. The van der Waals surface area contributed by atoms with Crippen molar-refractivity contribution in [2.45, 2.75) is 53.1 Å². The molecule has 6 nitrogen and oxygen atoms in total. The lowest BCUT2D eigenvalue weighted by atomic mass is 10.1. The quantitative estimate of drug-likeness (QED) is 0.323. The number of carbonyl (C=O) groups is 1. The molecule has 0 saturated carbocycles. The Hall–Kier alpha value is -1.51. The molecule has 1 atom stereocenters. The van der Waals surface area contributed by atoms with Gasteiger partial charge in [0.2, 0.25) is 0 Å². The topological polar surface area (TPSA) is 68.8 Å². The summed E-state index contributed by atoms with van der Waals surface area (Å²) in [5, 5.41) is 9.71. The van der Waals surface area contributed by atoms with E-state index in [9.17, 15) is 4.79 Å². The van der Waals surface area contributed by atoms with Gasteiger partial charge < -0.3 is 20.9 Å². The number of hydrogen-bond donors (Lipinski definition) is 3. The van der Waals surface area contributed by atoms with Gasteiger partial charge in [-0.25, -0.2) is 9.79 Å². The van der Waals surface area contributed by atoms with Crippen LogP contribution in [0.1, 0.15) is 46.1 Å². The van der Waals surface area contributed by atoms with Crippen LogP contribution in [0, 0.1) is 5.92 Å². The number of anilines is 1. The van der Waals surface area contributed by atoms with E-state index in [2.05, 4.69) is 48.6 Å². The molecule has 0 aromatic heterocycles. The number of halogens is 1. The van der Waals surface area contributed by atoms with Gasteiger partial charge in [-0.15, -0.1) is 24.0 Å². The van der Waals surface area contributed by atoms with Crippen LogP contribution in [0.3, 0.4) is 0 Å². The summed E-state index contributed by atoms with van der Waals surface area (Å²) in [6.07, 6.45) is 2.19. The molecule has 1 unspecified atom stereocenters. The number of likely N-dealkylation sites (tertiary alicyclic amines) is 1. The Balaban J connectivity index is 0.00000364. The molecule has 1 fully saturated rings. The zero-order chi connectivity index (χ0) is 18.9. The van der Waals surface area contributed by atoms with Gasteiger partial charge in [-0.2, -0.15) is 0 Å². The number of carbonyl (C=O) groups excluding carboxylic acids is 1. The van der Waals surface area contributed by atoms with Crippen LogP contribution in [-0.2, 0) is 6.54 Å². The van der Waals surface area contributed by atoms with Crippen LogP contribution >= 0.6 is 24.0 Å². The van der Waals surface area contributed by atoms with E-state index in [1.807, 2.05) is 29.2 Å². The van der Waals surface area contributed by atoms with Gasteiger partial charge in [0.25, 0.3) is 0 Å². The molecular formula is C20H34IN5O. The van der Waals surface area contributed by atoms with Crippen molar-refractivity contribution < 1.29 is 4.79 Å². The van der Waals surface area contributed by atoms with E-state index < -0.39 is 0 Å². The molecular weight excluding hydrogens is 453 g/mol. The highest BCUT2D eigenvalue weighted by Crippen LogP contribution is 2.14. The Bertz CT molecular complexity index is 614. The lowest BCUT2D eigenvalue weighted by Gasteiger charge is -2.20. The molecule has 1 saturated heterocycles. The summed E-state index contributed by atoms with van der Waals surface area (Å²) in [6.45, 7) is 11.7. The zero-order valence-corrected chi connectivity index (χ0v) is 19.2. The van der Waals surface area contributed by atoms with Crippen molar-refractivity contribution in [3.05, 3.63) is 29.8 Å². The van der Waals surface area contributed by atoms with E-state index in [1.54, 1.807) is 0 Å². The molecule has 2 rings (SSSR count). The van der Waals surface area contributed by atoms with Crippen LogP contribution in [-0.4, -0.2) is 42.6 Å². The van der Waals surface area contributed by atoms with E-state index in [1.165, 1.54) is 0 Å². The standard InChI is InChI=1S/C20H33N5O.HI/c1-5-21-19(23-16(4)15(2)3)22-14-17-9-8-10-18(13-17)24-20(26)25-11-6-7-12-25;/h8-10,13,15-16H,5-7,11-12,14H2,1-4H3,(H,24,26)(H2,21,22,23);1H. The van der Waals surface area contributed by atoms with E-state index >= 15 is 0 Å². The SMILES string of the molecule is CCNC(=NCc1cccc(NC(=O)N2CCCC2)c1)NC(C)C(C)C.I. The predicted octanol–water partition coefficient (Wildman–Crippen LogP) is 4.03. The second kappa shape index (κ2) is 12.0. The third-order valence-corrected chi connectivity index (χ3v) is 4.70. The van der Waals surface area contributed by atoms with E-state index in [0.29, 0.717) is 18.5 Å². The van der Waals surface area contributed by atoms with Gasteiger partial charge in [-0.3, -0.25) is 0 Å². The van der Waals surface area contributed by atoms with Gasteiger partial charge in [0.15, 0.2) is 5.96 Å². The first-order chi connectivity index (χ1) is 12.5. The summed E-state index contributed by atoms with van der Waals surface area (Å²) in [5.74, 6) is 1.35. The lowest BCUT2D eigenvalue weighted by molar-refractivity contribution is 0.222. The number of hydrogen-bond acceptors (Lipinski definition) is 2. The molecule has 0 radical (unpaired) electrons. The Kier molecular flexibility index (Phi) is 10.5. The fraction of sp³-hybridized carbons (Fsp3) is 0.600. The van der Waals surface area contributed by atoms with Crippen molar-refractivity contribution >= 4 is 41.7 Å². The van der Waals surface area contributed by atoms with Crippen molar-refractivity contribution in [3.8, 4) is 0 Å². The van der Waals surface area contributed by atoms with E-state index in [4.69, 9.17) is 0 Å². The minimum Gasteiger partial charge on any atom is -0.357 e. The van der Waals surface area contributed by atoms with E-state index in [-0.39, 0.29) is 30.0 Å². The average molecular weight is 487 g/mol. The van der Waals surface area contributed by atoms with Crippen molar-refractivity contribution in [1.82, 2.24) is 15.5 Å². The fourth-order valence-corrected chi connectivity index (χ4v) is 2.74. The maximum absolute atomic E-state index is 12.2. The summed E-state index contributed by atoms with van der Waals surface area (Å²) in [7, 11) is 0. The molecule has 1 aromatic rings. The monoisotopic (exact) mass is 487 g/mol. The minimum atomic E-state index is -0.0103. The second-order valence-electron chi connectivity index (χ2n) is 7.20. The molecule has 0 aliphatic carbocycles. The van der Waals surface area contributed by atoms with Gasteiger partial charge in [-0.05, 0) is 50.3 Å². The Labute approximate surface area is 180 Å². The smallest absolute Gasteiger partial charge is 0.321 e. The molecule has 2 amide bonds. The van der Waals surface area contributed by atoms with Crippen molar-refractivity contribution in [2.24, 2.45) is 10.9 Å². The number of guanidine groups is 1. The minimum absolute atomic E-state index is 0. The van der Waals surface area contributed by atoms with E-state index in [0.717, 1.165) is 49.7 Å². The van der Waals surface area contributed by atoms with Gasteiger partial charge in [0.05, 0.1) is 6.54 Å². The maximum Gasteiger partial charge on any atom is 0.321 e. The van der Waals surface area contributed by atoms with Crippen LogP contribution < -0.4 is 16.0 Å². The average Bonchev–Trinajstić information content (AvgIpc) is 3.15. The number of rotatable bonds is 6. The zero-order valence-electron chi connectivity index (χ0n) is 16.9. The molecule has 0 bridgehead atoms. The summed E-state index contributed by atoms with van der Waals surface area (Å²) >= 11 is 0. The third-order valence-electron chi connectivity index (χ3n) is 4.70. The number of benzene rings is 1. The van der Waals surface area contributed by atoms with Crippen LogP contribution in [0.25, 0.3) is 0 Å². The van der Waals surface area contributed by atoms with Crippen molar-refractivity contribution in [1.29, 1.82) is 0 Å². The first-order valence-corrected chi connectivity index (χ1v) is 9.69. The molecule has 7 heteroatoms. The summed E-state index contributed by atoms with van der Waals surface area (Å²) in [6, 6.07) is 8.24. The fourth-order valence-electron chi connectivity index (χ4n) is 2.74. The van der Waals surface area contributed by atoms with Crippen molar-refractivity contribution in [2.75, 3.05) is 25.0 Å². The molecule has 0 spiro atoms. The molecule has 3 N–H and O–H groups in total. The third kappa shape index (κ3) is 7.94. The predicted molar refractivity (Wildman–Crippen MR) is 124 cm³/mol. The van der Waals surface area contributed by atoms with Crippen LogP contribution in [0.2, 0.25) is 0 Å². The molecule has 27 heavy (non-hydrogen) atoms. The number of amides is 2. The van der Waals surface area contributed by atoms with Gasteiger partial charge >= 0.3 is 6.03 Å². The number of nitrogens with one attached hydrogen (secondary N) is 3. The molecule has 1 aliphatic heterocycles. The molecule has 1 aromatic carbocycles. The Morgan fingerprint density at radius 2 is 1.93 bits per heavy atom. The number of aliphatic imine (C=N–C) groups is 1. The second-order valence-corrected chi connectivity index (χ2v) is 7.20. The first-order valence-electron chi connectivity index (χ1n) is 9.69. The highest BCUT2D eigenvalue weighted by atomic mass is 127. The van der Waals surface area contributed by atoms with Gasteiger partial charge in [0.1, 0.15) is 0 Å². The van der Waals surface area contributed by atoms with Crippen LogP contribution in [0.15, 0.2) is 29.3 Å². The first kappa shape index (κ1) is 23.5. The highest BCUT2D eigenvalue weighted by molar-refractivity contribution is 14.0. The van der Waals surface area contributed by atoms with Crippen LogP contribution in [0.4, 0.5) is 10.5 Å². The summed E-state index contributed by atoms with van der Waals surface area (Å²) in [5.41, 5.74) is 1.89.